The van der Waals surface area contributed by atoms with Crippen LogP contribution in [0.2, 0.25) is 0 Å². The monoisotopic (exact) mass is 287 g/mol. The Morgan fingerprint density at radius 3 is 2.76 bits per heavy atom. The van der Waals surface area contributed by atoms with Crippen LogP contribution in [0.3, 0.4) is 0 Å². The number of nitrogen functional groups attached to an aromatic ring is 1. The van der Waals surface area contributed by atoms with Crippen molar-refractivity contribution in [3.63, 3.8) is 0 Å². The predicted molar refractivity (Wildman–Crippen MR) is 79.2 cm³/mol. The molecule has 1 heterocycles. The van der Waals surface area contributed by atoms with E-state index in [-0.39, 0.29) is 17.9 Å². The van der Waals surface area contributed by atoms with Gasteiger partial charge in [-0.2, -0.15) is 0 Å². The molecule has 0 bridgehead atoms. The van der Waals surface area contributed by atoms with Crippen molar-refractivity contribution in [1.82, 2.24) is 4.98 Å². The summed E-state index contributed by atoms with van der Waals surface area (Å²) in [5, 5.41) is 0. The first-order valence-corrected chi connectivity index (χ1v) is 6.34. The summed E-state index contributed by atoms with van der Waals surface area (Å²) < 4.78 is 10.8. The van der Waals surface area contributed by atoms with Crippen LogP contribution in [0.4, 0.5) is 5.69 Å². The molecule has 0 aliphatic heterocycles. The molecule has 4 N–H and O–H groups in total. The topological polar surface area (TPSA) is 100 Å². The maximum Gasteiger partial charge on any atom is 0.252 e. The number of hydrogen-bond donors (Lipinski definition) is 2. The number of ether oxygens (including phenoxy) is 2. The molecule has 0 aliphatic rings. The number of aryl methyl sites for hydroxylation is 1. The number of amides is 1. The second-order valence-electron chi connectivity index (χ2n) is 4.52. The van der Waals surface area contributed by atoms with E-state index in [1.54, 1.807) is 31.4 Å². The molecule has 110 valence electrons. The van der Waals surface area contributed by atoms with E-state index in [4.69, 9.17) is 20.9 Å². The van der Waals surface area contributed by atoms with Crippen LogP contribution in [-0.2, 0) is 6.61 Å². The van der Waals surface area contributed by atoms with Crippen LogP contribution in [0.5, 0.6) is 11.5 Å². The van der Waals surface area contributed by atoms with E-state index in [1.807, 2.05) is 13.0 Å². The van der Waals surface area contributed by atoms with Crippen molar-refractivity contribution in [2.75, 3.05) is 12.8 Å². The summed E-state index contributed by atoms with van der Waals surface area (Å²) in [6.45, 7) is 2.02. The van der Waals surface area contributed by atoms with Gasteiger partial charge in [0.2, 0.25) is 0 Å². The average Bonchev–Trinajstić information content (AvgIpc) is 2.45. The maximum atomic E-state index is 11.4. The molecule has 0 radical (unpaired) electrons. The van der Waals surface area contributed by atoms with E-state index < -0.39 is 5.91 Å². The molecule has 6 nitrogen and oxygen atoms in total. The van der Waals surface area contributed by atoms with Crippen LogP contribution < -0.4 is 20.9 Å². The number of anilines is 1. The summed E-state index contributed by atoms with van der Waals surface area (Å²) in [6.07, 6.45) is 0. The molecule has 0 aliphatic carbocycles. The van der Waals surface area contributed by atoms with E-state index in [9.17, 15) is 4.79 Å². The van der Waals surface area contributed by atoms with Gasteiger partial charge in [0.15, 0.2) is 5.75 Å². The van der Waals surface area contributed by atoms with Crippen LogP contribution in [0.1, 0.15) is 21.7 Å². The maximum absolute atomic E-state index is 11.4. The third-order valence-electron chi connectivity index (χ3n) is 2.89. The number of aromatic nitrogens is 1. The van der Waals surface area contributed by atoms with Crippen molar-refractivity contribution >= 4 is 11.6 Å². The fourth-order valence-corrected chi connectivity index (χ4v) is 1.95. The first-order chi connectivity index (χ1) is 10.0. The zero-order valence-corrected chi connectivity index (χ0v) is 11.9. The van der Waals surface area contributed by atoms with Crippen LogP contribution in [0.25, 0.3) is 0 Å². The molecule has 0 atom stereocenters. The summed E-state index contributed by atoms with van der Waals surface area (Å²) in [6, 6.07) is 8.44. The second-order valence-corrected chi connectivity index (χ2v) is 4.52. The number of pyridine rings is 1. The minimum absolute atomic E-state index is 0.159. The lowest BCUT2D eigenvalue weighted by Crippen LogP contribution is -2.14. The van der Waals surface area contributed by atoms with Gasteiger partial charge >= 0.3 is 0 Å². The third-order valence-corrected chi connectivity index (χ3v) is 2.89. The summed E-state index contributed by atoms with van der Waals surface area (Å²) in [5.41, 5.74) is 13.2. The molecule has 0 spiro atoms. The van der Waals surface area contributed by atoms with Crippen LogP contribution >= 0.6 is 0 Å². The molecule has 0 saturated carbocycles. The number of rotatable bonds is 5. The molecule has 0 saturated heterocycles. The van der Waals surface area contributed by atoms with Gasteiger partial charge in [-0.15, -0.1) is 0 Å². The number of carbonyl (C=O) groups excluding carboxylic acids is 1. The molecule has 2 aromatic rings. The van der Waals surface area contributed by atoms with E-state index in [1.165, 1.54) is 0 Å². The molecule has 21 heavy (non-hydrogen) atoms. The number of benzene rings is 1. The van der Waals surface area contributed by atoms with Crippen molar-refractivity contribution in [2.24, 2.45) is 5.73 Å². The molecule has 0 fully saturated rings. The molecule has 6 heteroatoms. The lowest BCUT2D eigenvalue weighted by Gasteiger charge is -2.12. The van der Waals surface area contributed by atoms with E-state index in [0.29, 0.717) is 17.1 Å². The van der Waals surface area contributed by atoms with E-state index in [2.05, 4.69) is 4.98 Å². The molecular weight excluding hydrogens is 270 g/mol. The number of carbonyl (C=O) groups is 1. The third kappa shape index (κ3) is 3.42. The fourth-order valence-electron chi connectivity index (χ4n) is 1.95. The number of methoxy groups -OCH3 is 1. The highest BCUT2D eigenvalue weighted by atomic mass is 16.5. The van der Waals surface area contributed by atoms with Crippen LogP contribution in [-0.4, -0.2) is 18.0 Å². The van der Waals surface area contributed by atoms with Crippen molar-refractivity contribution in [3.05, 3.63) is 47.3 Å². The lowest BCUT2D eigenvalue weighted by atomic mass is 10.1. The smallest absolute Gasteiger partial charge is 0.252 e. The number of para-hydroxylation sites is 1. The standard InChI is InChI=1S/C15H17N3O3/c1-9-6-11(20-2)7-10(18-9)8-21-14-12(15(17)19)4-3-5-13(14)16/h3-7H,8,16H2,1-2H3,(H2,17,19). The van der Waals surface area contributed by atoms with Gasteiger partial charge < -0.3 is 20.9 Å². The van der Waals surface area contributed by atoms with Crippen molar-refractivity contribution in [2.45, 2.75) is 13.5 Å². The Morgan fingerprint density at radius 1 is 1.33 bits per heavy atom. The van der Waals surface area contributed by atoms with Gasteiger partial charge in [0.1, 0.15) is 12.4 Å². The van der Waals surface area contributed by atoms with E-state index in [0.717, 1.165) is 5.69 Å². The number of nitrogens with two attached hydrogens (primary N) is 2. The minimum Gasteiger partial charge on any atom is -0.497 e. The summed E-state index contributed by atoms with van der Waals surface area (Å²) in [4.78, 5) is 15.7. The highest BCUT2D eigenvalue weighted by Gasteiger charge is 2.13. The summed E-state index contributed by atoms with van der Waals surface area (Å²) in [7, 11) is 1.58. The van der Waals surface area contributed by atoms with Gasteiger partial charge in [-0.25, -0.2) is 0 Å². The van der Waals surface area contributed by atoms with Gasteiger partial charge in [0, 0.05) is 17.8 Å². The zero-order valence-electron chi connectivity index (χ0n) is 11.9. The number of nitrogens with zero attached hydrogens (tertiary/aromatic N) is 1. The Morgan fingerprint density at radius 2 is 2.10 bits per heavy atom. The SMILES string of the molecule is COc1cc(C)nc(COc2c(N)cccc2C(N)=O)c1. The predicted octanol–water partition coefficient (Wildman–Crippen LogP) is 1.66. The molecule has 1 aromatic heterocycles. The highest BCUT2D eigenvalue weighted by Crippen LogP contribution is 2.27. The minimum atomic E-state index is -0.591. The Balaban J connectivity index is 2.24. The number of hydrogen-bond acceptors (Lipinski definition) is 5. The fraction of sp³-hybridized carbons (Fsp3) is 0.200. The lowest BCUT2D eigenvalue weighted by molar-refractivity contribution is 0.0996. The Kier molecular flexibility index (Phi) is 4.27. The summed E-state index contributed by atoms with van der Waals surface area (Å²) >= 11 is 0. The number of primary amides is 1. The van der Waals surface area contributed by atoms with Gasteiger partial charge in [-0.3, -0.25) is 9.78 Å². The highest BCUT2D eigenvalue weighted by molar-refractivity contribution is 5.97. The normalized spacial score (nSPS) is 10.2. The Bertz CT molecular complexity index is 671. The van der Waals surface area contributed by atoms with Crippen LogP contribution in [0, 0.1) is 6.92 Å². The Labute approximate surface area is 122 Å². The van der Waals surface area contributed by atoms with Crippen molar-refractivity contribution in [3.8, 4) is 11.5 Å². The van der Waals surface area contributed by atoms with E-state index >= 15 is 0 Å². The molecule has 1 aromatic carbocycles. The summed E-state index contributed by atoms with van der Waals surface area (Å²) in [5.74, 6) is 0.372. The van der Waals surface area contributed by atoms with Crippen LogP contribution in [0.15, 0.2) is 30.3 Å². The first-order valence-electron chi connectivity index (χ1n) is 6.34. The molecule has 2 rings (SSSR count). The molecule has 0 unspecified atom stereocenters. The first kappa shape index (κ1) is 14.6. The van der Waals surface area contributed by atoms with Crippen molar-refractivity contribution < 1.29 is 14.3 Å². The molecular formula is C15H17N3O3. The largest absolute Gasteiger partial charge is 0.497 e. The zero-order chi connectivity index (χ0) is 15.4. The van der Waals surface area contributed by atoms with Crippen molar-refractivity contribution in [1.29, 1.82) is 0 Å². The molecule has 1 amide bonds. The van der Waals surface area contributed by atoms with Gasteiger partial charge in [-0.1, -0.05) is 6.07 Å². The Hall–Kier alpha value is -2.76. The van der Waals surface area contributed by atoms with Gasteiger partial charge in [0.25, 0.3) is 5.91 Å². The average molecular weight is 287 g/mol. The quantitative estimate of drug-likeness (QED) is 0.814. The second kappa shape index (κ2) is 6.13. The van der Waals surface area contributed by atoms with Gasteiger partial charge in [0.05, 0.1) is 24.1 Å². The van der Waals surface area contributed by atoms with Gasteiger partial charge in [-0.05, 0) is 19.1 Å².